The summed E-state index contributed by atoms with van der Waals surface area (Å²) in [7, 11) is 0. The van der Waals surface area contributed by atoms with Crippen molar-refractivity contribution in [1.29, 1.82) is 0 Å². The molecule has 0 amide bonds. The quantitative estimate of drug-likeness (QED) is 0.486. The minimum Gasteiger partial charge on any atom is -0.486 e. The monoisotopic (exact) mass is 444 g/mol. The van der Waals surface area contributed by atoms with Crippen molar-refractivity contribution in [3.05, 3.63) is 56.7 Å². The molecule has 104 valence electrons. The molecule has 3 rings (SSSR count). The lowest BCUT2D eigenvalue weighted by Crippen LogP contribution is -2.15. The number of ether oxygens (including phenoxy) is 2. The van der Waals surface area contributed by atoms with E-state index in [-0.39, 0.29) is 4.83 Å². The lowest BCUT2D eigenvalue weighted by atomic mass is 10.0. The van der Waals surface area contributed by atoms with E-state index < -0.39 is 0 Å². The molecule has 2 aromatic carbocycles. The van der Waals surface area contributed by atoms with Crippen LogP contribution in [0.4, 0.5) is 0 Å². The van der Waals surface area contributed by atoms with Gasteiger partial charge in [0.05, 0.1) is 4.83 Å². The van der Waals surface area contributed by atoms with Gasteiger partial charge in [-0.05, 0) is 58.3 Å². The molecule has 0 aromatic heterocycles. The molecule has 0 bridgehead atoms. The van der Waals surface area contributed by atoms with Crippen molar-refractivity contribution in [3.63, 3.8) is 0 Å². The van der Waals surface area contributed by atoms with Gasteiger partial charge in [-0.3, -0.25) is 0 Å². The van der Waals surface area contributed by atoms with Gasteiger partial charge in [0, 0.05) is 3.57 Å². The van der Waals surface area contributed by atoms with Gasteiger partial charge in [-0.15, -0.1) is 0 Å². The molecule has 0 spiro atoms. The summed E-state index contributed by atoms with van der Waals surface area (Å²) in [5, 5.41) is 0. The van der Waals surface area contributed by atoms with Crippen LogP contribution >= 0.6 is 38.5 Å². The van der Waals surface area contributed by atoms with Crippen molar-refractivity contribution in [1.82, 2.24) is 0 Å². The fourth-order valence-corrected chi connectivity index (χ4v) is 4.03. The SMILES string of the molecule is Cc1cccc(C(Br)c2ccc3c(c2)OCCO3)c1I. The Labute approximate surface area is 140 Å². The first-order valence-corrected chi connectivity index (χ1v) is 8.45. The second kappa shape index (κ2) is 5.93. The van der Waals surface area contributed by atoms with Crippen molar-refractivity contribution in [3.8, 4) is 11.5 Å². The Kier molecular flexibility index (Phi) is 4.21. The molecule has 0 aliphatic carbocycles. The highest BCUT2D eigenvalue weighted by Gasteiger charge is 2.18. The van der Waals surface area contributed by atoms with Crippen molar-refractivity contribution in [2.75, 3.05) is 13.2 Å². The third kappa shape index (κ3) is 2.68. The first kappa shape index (κ1) is 14.2. The van der Waals surface area contributed by atoms with Crippen LogP contribution in [0, 0.1) is 10.5 Å². The average Bonchev–Trinajstić information content (AvgIpc) is 2.49. The van der Waals surface area contributed by atoms with Crippen molar-refractivity contribution >= 4 is 38.5 Å². The van der Waals surface area contributed by atoms with Crippen molar-refractivity contribution in [2.45, 2.75) is 11.8 Å². The zero-order valence-corrected chi connectivity index (χ0v) is 14.8. The number of rotatable bonds is 2. The van der Waals surface area contributed by atoms with Gasteiger partial charge in [0.1, 0.15) is 13.2 Å². The molecule has 2 aromatic rings. The number of aryl methyl sites for hydroxylation is 1. The highest BCUT2D eigenvalue weighted by molar-refractivity contribution is 14.1. The lowest BCUT2D eigenvalue weighted by Gasteiger charge is -2.21. The number of fused-ring (bicyclic) bond motifs is 1. The van der Waals surface area contributed by atoms with E-state index in [0.717, 1.165) is 11.5 Å². The summed E-state index contributed by atoms with van der Waals surface area (Å²) in [6.45, 7) is 3.38. The van der Waals surface area contributed by atoms with E-state index in [9.17, 15) is 0 Å². The van der Waals surface area contributed by atoms with E-state index >= 15 is 0 Å². The van der Waals surface area contributed by atoms with Crippen LogP contribution in [0.15, 0.2) is 36.4 Å². The van der Waals surface area contributed by atoms with Crippen LogP contribution in [-0.4, -0.2) is 13.2 Å². The summed E-state index contributed by atoms with van der Waals surface area (Å²) in [5.74, 6) is 1.67. The molecule has 1 aliphatic rings. The molecule has 1 atom stereocenters. The predicted molar refractivity (Wildman–Crippen MR) is 92.1 cm³/mol. The molecule has 0 radical (unpaired) electrons. The van der Waals surface area contributed by atoms with Crippen LogP contribution in [0.5, 0.6) is 11.5 Å². The summed E-state index contributed by atoms with van der Waals surface area (Å²) in [6.07, 6.45) is 0. The Bertz CT molecular complexity index is 642. The van der Waals surface area contributed by atoms with Crippen LogP contribution in [-0.2, 0) is 0 Å². The van der Waals surface area contributed by atoms with Gasteiger partial charge in [-0.25, -0.2) is 0 Å². The molecule has 0 saturated heterocycles. The van der Waals surface area contributed by atoms with E-state index in [0.29, 0.717) is 13.2 Å². The Morgan fingerprint density at radius 2 is 1.85 bits per heavy atom. The second-order valence-electron chi connectivity index (χ2n) is 4.74. The van der Waals surface area contributed by atoms with Gasteiger partial charge >= 0.3 is 0 Å². The van der Waals surface area contributed by atoms with Gasteiger partial charge in [-0.2, -0.15) is 0 Å². The van der Waals surface area contributed by atoms with Crippen LogP contribution in [0.2, 0.25) is 0 Å². The number of hydrogen-bond donors (Lipinski definition) is 0. The summed E-state index contributed by atoms with van der Waals surface area (Å²) in [5.41, 5.74) is 3.75. The van der Waals surface area contributed by atoms with E-state index in [2.05, 4.69) is 75.8 Å². The highest BCUT2D eigenvalue weighted by Crippen LogP contribution is 2.39. The maximum Gasteiger partial charge on any atom is 0.161 e. The zero-order valence-electron chi connectivity index (χ0n) is 11.0. The molecule has 20 heavy (non-hydrogen) atoms. The van der Waals surface area contributed by atoms with Crippen molar-refractivity contribution in [2.24, 2.45) is 0 Å². The number of alkyl halides is 1. The number of benzene rings is 2. The van der Waals surface area contributed by atoms with E-state index in [1.807, 2.05) is 6.07 Å². The molecule has 2 nitrogen and oxygen atoms in total. The van der Waals surface area contributed by atoms with Crippen molar-refractivity contribution < 1.29 is 9.47 Å². The minimum atomic E-state index is 0.158. The normalized spacial score (nSPS) is 14.9. The molecule has 0 fully saturated rings. The third-order valence-electron chi connectivity index (χ3n) is 3.35. The fourth-order valence-electron chi connectivity index (χ4n) is 2.26. The van der Waals surface area contributed by atoms with Crippen LogP contribution in [0.25, 0.3) is 0 Å². The summed E-state index contributed by atoms with van der Waals surface area (Å²) in [4.78, 5) is 0.158. The first-order chi connectivity index (χ1) is 9.66. The highest BCUT2D eigenvalue weighted by atomic mass is 127. The van der Waals surface area contributed by atoms with Crippen LogP contribution in [0.3, 0.4) is 0 Å². The van der Waals surface area contributed by atoms with Gasteiger partial charge in [0.25, 0.3) is 0 Å². The minimum absolute atomic E-state index is 0.158. The third-order valence-corrected chi connectivity index (χ3v) is 5.85. The Morgan fingerprint density at radius 3 is 2.65 bits per heavy atom. The molecular formula is C16H14BrIO2. The lowest BCUT2D eigenvalue weighted by molar-refractivity contribution is 0.171. The maximum atomic E-state index is 5.66. The fraction of sp³-hybridized carbons (Fsp3) is 0.250. The maximum absolute atomic E-state index is 5.66. The van der Waals surface area contributed by atoms with Gasteiger partial charge < -0.3 is 9.47 Å². The summed E-state index contributed by atoms with van der Waals surface area (Å²) >= 11 is 6.21. The molecule has 1 aliphatic heterocycles. The molecule has 0 saturated carbocycles. The smallest absolute Gasteiger partial charge is 0.161 e. The second-order valence-corrected chi connectivity index (χ2v) is 6.74. The Hall–Kier alpha value is -0.750. The van der Waals surface area contributed by atoms with Gasteiger partial charge in [0.15, 0.2) is 11.5 Å². The van der Waals surface area contributed by atoms with Crippen LogP contribution < -0.4 is 9.47 Å². The topological polar surface area (TPSA) is 18.5 Å². The summed E-state index contributed by atoms with van der Waals surface area (Å²) < 4.78 is 12.5. The predicted octanol–water partition coefficient (Wildman–Crippen LogP) is 4.86. The molecule has 1 unspecified atom stereocenters. The Balaban J connectivity index is 1.98. The molecule has 4 heteroatoms. The van der Waals surface area contributed by atoms with E-state index in [1.165, 1.54) is 20.3 Å². The zero-order chi connectivity index (χ0) is 14.1. The van der Waals surface area contributed by atoms with E-state index in [1.54, 1.807) is 0 Å². The first-order valence-electron chi connectivity index (χ1n) is 6.45. The summed E-state index contributed by atoms with van der Waals surface area (Å²) in [6, 6.07) is 12.5. The standard InChI is InChI=1S/C16H14BrIO2/c1-10-3-2-4-12(16(10)18)15(17)11-5-6-13-14(9-11)20-8-7-19-13/h2-6,9,15H,7-8H2,1H3. The average molecular weight is 445 g/mol. The molecule has 0 N–H and O–H groups in total. The number of halogens is 2. The van der Waals surface area contributed by atoms with Gasteiger partial charge in [0.2, 0.25) is 0 Å². The molecule has 1 heterocycles. The van der Waals surface area contributed by atoms with Crippen LogP contribution in [0.1, 0.15) is 21.5 Å². The Morgan fingerprint density at radius 1 is 1.10 bits per heavy atom. The van der Waals surface area contributed by atoms with E-state index in [4.69, 9.17) is 9.47 Å². The molecular weight excluding hydrogens is 431 g/mol. The largest absolute Gasteiger partial charge is 0.486 e. The van der Waals surface area contributed by atoms with Gasteiger partial charge in [-0.1, -0.05) is 40.2 Å². The number of hydrogen-bond acceptors (Lipinski definition) is 2.